The van der Waals surface area contributed by atoms with E-state index in [-0.39, 0.29) is 5.91 Å². The molecule has 2 aromatic rings. The molecule has 2 rings (SSSR count). The number of nitrogens with zero attached hydrogens (tertiary/aromatic N) is 2. The number of hydrogen-bond acceptors (Lipinski definition) is 4. The summed E-state index contributed by atoms with van der Waals surface area (Å²) in [5.41, 5.74) is 7.32. The molecule has 0 aliphatic rings. The summed E-state index contributed by atoms with van der Waals surface area (Å²) in [5.74, 6) is 0.572. The molecule has 6 nitrogen and oxygen atoms in total. The molecular formula is C15H18N4O2. The molecule has 0 aliphatic carbocycles. The largest absolute Gasteiger partial charge is 0.490 e. The first kappa shape index (κ1) is 14.6. The van der Waals surface area contributed by atoms with Crippen molar-refractivity contribution in [3.05, 3.63) is 54.4 Å². The highest BCUT2D eigenvalue weighted by Crippen LogP contribution is 2.15. The summed E-state index contributed by atoms with van der Waals surface area (Å²) in [6.07, 6.45) is 3.11. The summed E-state index contributed by atoms with van der Waals surface area (Å²) in [6.45, 7) is 4.54. The van der Waals surface area contributed by atoms with Gasteiger partial charge in [-0.15, -0.1) is 0 Å². The number of ether oxygens (including phenoxy) is 1. The van der Waals surface area contributed by atoms with Crippen molar-refractivity contribution in [2.75, 3.05) is 19.4 Å². The second-order valence-corrected chi connectivity index (χ2v) is 4.61. The molecule has 0 aliphatic heterocycles. The van der Waals surface area contributed by atoms with E-state index in [1.165, 1.54) is 6.20 Å². The summed E-state index contributed by atoms with van der Waals surface area (Å²) in [5, 5.41) is 6.36. The van der Waals surface area contributed by atoms with E-state index >= 15 is 0 Å². The maximum Gasteiger partial charge on any atom is 0.274 e. The van der Waals surface area contributed by atoms with Gasteiger partial charge in [0.2, 0.25) is 0 Å². The number of rotatable bonds is 6. The minimum atomic E-state index is -0.197. The van der Waals surface area contributed by atoms with Gasteiger partial charge in [0.25, 0.3) is 5.91 Å². The molecule has 1 amide bonds. The van der Waals surface area contributed by atoms with Crippen molar-refractivity contribution in [2.24, 2.45) is 0 Å². The molecule has 0 bridgehead atoms. The first-order valence-corrected chi connectivity index (χ1v) is 6.48. The number of H-pyrrole nitrogens is 1. The lowest BCUT2D eigenvalue weighted by atomic mass is 10.2. The van der Waals surface area contributed by atoms with Gasteiger partial charge in [-0.25, -0.2) is 0 Å². The third kappa shape index (κ3) is 3.62. The number of nitrogen functional groups attached to an aromatic ring is 1. The van der Waals surface area contributed by atoms with Crippen LogP contribution in [0.3, 0.4) is 0 Å². The zero-order valence-corrected chi connectivity index (χ0v) is 11.9. The van der Waals surface area contributed by atoms with Crippen LogP contribution < -0.4 is 10.5 Å². The predicted molar refractivity (Wildman–Crippen MR) is 80.9 cm³/mol. The Labute approximate surface area is 123 Å². The lowest BCUT2D eigenvalue weighted by Crippen LogP contribution is -2.27. The minimum absolute atomic E-state index is 0.197. The van der Waals surface area contributed by atoms with Crippen LogP contribution in [-0.4, -0.2) is 34.7 Å². The molecule has 3 N–H and O–H groups in total. The monoisotopic (exact) mass is 286 g/mol. The van der Waals surface area contributed by atoms with Gasteiger partial charge in [0.15, 0.2) is 0 Å². The smallest absolute Gasteiger partial charge is 0.274 e. The Kier molecular flexibility index (Phi) is 4.61. The van der Waals surface area contributed by atoms with Gasteiger partial charge in [-0.3, -0.25) is 9.89 Å². The SMILES string of the molecule is C=CCOc1ccc(CN(C)C(=O)c2[nH]ncc2N)cc1. The Morgan fingerprint density at radius 3 is 2.76 bits per heavy atom. The second kappa shape index (κ2) is 6.60. The normalized spacial score (nSPS) is 10.1. The van der Waals surface area contributed by atoms with Crippen LogP contribution in [0.15, 0.2) is 43.1 Å². The quantitative estimate of drug-likeness (QED) is 0.793. The van der Waals surface area contributed by atoms with Crippen molar-refractivity contribution in [2.45, 2.75) is 6.54 Å². The standard InChI is InChI=1S/C15H18N4O2/c1-3-8-21-12-6-4-11(5-7-12)10-19(2)15(20)14-13(16)9-17-18-14/h3-7,9H,1,8,10,16H2,2H3,(H,17,18). The maximum atomic E-state index is 12.2. The van der Waals surface area contributed by atoms with Crippen molar-refractivity contribution in [3.8, 4) is 5.75 Å². The van der Waals surface area contributed by atoms with E-state index in [2.05, 4.69) is 16.8 Å². The van der Waals surface area contributed by atoms with Crippen molar-refractivity contribution in [1.82, 2.24) is 15.1 Å². The van der Waals surface area contributed by atoms with Gasteiger partial charge in [-0.05, 0) is 17.7 Å². The summed E-state index contributed by atoms with van der Waals surface area (Å²) in [4.78, 5) is 13.8. The van der Waals surface area contributed by atoms with Crippen LogP contribution in [0, 0.1) is 0 Å². The molecule has 110 valence electrons. The van der Waals surface area contributed by atoms with Gasteiger partial charge in [0.1, 0.15) is 18.1 Å². The summed E-state index contributed by atoms with van der Waals surface area (Å²) in [7, 11) is 1.71. The number of nitrogens with two attached hydrogens (primary N) is 1. The number of carbonyl (C=O) groups excluding carboxylic acids is 1. The summed E-state index contributed by atoms with van der Waals surface area (Å²) in [6, 6.07) is 7.56. The number of aromatic nitrogens is 2. The van der Waals surface area contributed by atoms with Gasteiger partial charge >= 0.3 is 0 Å². The summed E-state index contributed by atoms with van der Waals surface area (Å²) < 4.78 is 5.41. The number of hydrogen-bond donors (Lipinski definition) is 2. The van der Waals surface area contributed by atoms with Crippen molar-refractivity contribution >= 4 is 11.6 Å². The molecule has 0 fully saturated rings. The van der Waals surface area contributed by atoms with Gasteiger partial charge in [-0.1, -0.05) is 24.8 Å². The van der Waals surface area contributed by atoms with Gasteiger partial charge in [0, 0.05) is 13.6 Å². The Balaban J connectivity index is 1.99. The van der Waals surface area contributed by atoms with Crippen molar-refractivity contribution in [3.63, 3.8) is 0 Å². The average molecular weight is 286 g/mol. The number of anilines is 1. The van der Waals surface area contributed by atoms with Gasteiger partial charge < -0.3 is 15.4 Å². The molecule has 0 saturated carbocycles. The van der Waals surface area contributed by atoms with E-state index < -0.39 is 0 Å². The zero-order valence-electron chi connectivity index (χ0n) is 11.9. The molecule has 21 heavy (non-hydrogen) atoms. The van der Waals surface area contributed by atoms with E-state index in [4.69, 9.17) is 10.5 Å². The molecule has 0 spiro atoms. The maximum absolute atomic E-state index is 12.2. The average Bonchev–Trinajstić information content (AvgIpc) is 2.92. The first-order valence-electron chi connectivity index (χ1n) is 6.48. The summed E-state index contributed by atoms with van der Waals surface area (Å²) >= 11 is 0. The molecule has 1 heterocycles. The number of benzene rings is 1. The van der Waals surface area contributed by atoms with Crippen LogP contribution in [0.1, 0.15) is 16.1 Å². The molecule has 6 heteroatoms. The lowest BCUT2D eigenvalue weighted by Gasteiger charge is -2.17. The van der Waals surface area contributed by atoms with Crippen LogP contribution in [0.2, 0.25) is 0 Å². The third-order valence-corrected chi connectivity index (χ3v) is 2.94. The van der Waals surface area contributed by atoms with E-state index in [0.717, 1.165) is 11.3 Å². The molecule has 0 saturated heterocycles. The Morgan fingerprint density at radius 1 is 1.48 bits per heavy atom. The number of amides is 1. The molecule has 0 unspecified atom stereocenters. The van der Waals surface area contributed by atoms with Crippen LogP contribution in [0.4, 0.5) is 5.69 Å². The highest BCUT2D eigenvalue weighted by atomic mass is 16.5. The van der Waals surface area contributed by atoms with Gasteiger partial charge in [-0.2, -0.15) is 5.10 Å². The molecule has 1 aromatic carbocycles. The third-order valence-electron chi connectivity index (χ3n) is 2.94. The topological polar surface area (TPSA) is 84.2 Å². The Bertz CT molecular complexity index is 619. The van der Waals surface area contributed by atoms with Gasteiger partial charge in [0.05, 0.1) is 11.9 Å². The number of aromatic amines is 1. The van der Waals surface area contributed by atoms with Crippen LogP contribution in [0.5, 0.6) is 5.75 Å². The fraction of sp³-hybridized carbons (Fsp3) is 0.200. The van der Waals surface area contributed by atoms with Crippen molar-refractivity contribution < 1.29 is 9.53 Å². The highest BCUT2D eigenvalue weighted by Gasteiger charge is 2.16. The van der Waals surface area contributed by atoms with E-state index in [1.807, 2.05) is 24.3 Å². The highest BCUT2D eigenvalue weighted by molar-refractivity contribution is 5.96. The Morgan fingerprint density at radius 2 is 2.19 bits per heavy atom. The van der Waals surface area contributed by atoms with Crippen LogP contribution >= 0.6 is 0 Å². The van der Waals surface area contributed by atoms with Crippen LogP contribution in [-0.2, 0) is 6.54 Å². The van der Waals surface area contributed by atoms with E-state index in [1.54, 1.807) is 18.0 Å². The lowest BCUT2D eigenvalue weighted by molar-refractivity contribution is 0.0780. The van der Waals surface area contributed by atoms with Crippen LogP contribution in [0.25, 0.3) is 0 Å². The molecule has 1 aromatic heterocycles. The molecular weight excluding hydrogens is 268 g/mol. The first-order chi connectivity index (χ1) is 10.1. The minimum Gasteiger partial charge on any atom is -0.490 e. The molecule has 0 radical (unpaired) electrons. The Hall–Kier alpha value is -2.76. The van der Waals surface area contributed by atoms with E-state index in [0.29, 0.717) is 24.5 Å². The predicted octanol–water partition coefficient (Wildman–Crippen LogP) is 1.83. The fourth-order valence-electron chi connectivity index (χ4n) is 1.85. The second-order valence-electron chi connectivity index (χ2n) is 4.61. The zero-order chi connectivity index (χ0) is 15.2. The van der Waals surface area contributed by atoms with E-state index in [9.17, 15) is 4.79 Å². The molecule has 0 atom stereocenters. The number of nitrogens with one attached hydrogen (secondary N) is 1. The number of carbonyl (C=O) groups is 1. The van der Waals surface area contributed by atoms with Crippen molar-refractivity contribution in [1.29, 1.82) is 0 Å². The fourth-order valence-corrected chi connectivity index (χ4v) is 1.85.